The number of hydrogen-bond acceptors (Lipinski definition) is 5. The van der Waals surface area contributed by atoms with Gasteiger partial charge in [0, 0.05) is 23.8 Å². The van der Waals surface area contributed by atoms with Crippen LogP contribution in [0.2, 0.25) is 0 Å². The molecule has 0 saturated heterocycles. The molecular formula is C33H61F3O4S. The highest BCUT2D eigenvalue weighted by Gasteiger charge is 2.36. The Kier molecular flexibility index (Phi) is 20.8. The molecule has 1 aliphatic carbocycles. The van der Waals surface area contributed by atoms with E-state index in [0.717, 1.165) is 57.8 Å². The predicted molar refractivity (Wildman–Crippen MR) is 165 cm³/mol. The summed E-state index contributed by atoms with van der Waals surface area (Å²) in [6, 6.07) is 0. The molecule has 0 radical (unpaired) electrons. The number of esters is 1. The molecular weight excluding hydrogens is 549 g/mol. The zero-order valence-electron chi connectivity index (χ0n) is 26.3. The Bertz CT molecular complexity index is 659. The van der Waals surface area contributed by atoms with Gasteiger partial charge in [-0.25, -0.2) is 0 Å². The molecule has 4 nitrogen and oxygen atoms in total. The number of halogens is 3. The van der Waals surface area contributed by atoms with Crippen LogP contribution in [0.15, 0.2) is 0 Å². The van der Waals surface area contributed by atoms with Crippen molar-refractivity contribution < 1.29 is 32.9 Å². The average Bonchev–Trinajstić information content (AvgIpc) is 3.26. The van der Waals surface area contributed by atoms with Gasteiger partial charge in [0.2, 0.25) is 0 Å². The van der Waals surface area contributed by atoms with Crippen LogP contribution in [0, 0.1) is 11.3 Å². The fraction of sp³-hybridized carbons (Fsp3) is 0.970. The molecule has 244 valence electrons. The average molecular weight is 611 g/mol. The molecule has 1 fully saturated rings. The Labute approximate surface area is 253 Å². The third kappa shape index (κ3) is 19.4. The Hall–Kier alpha value is -0.470. The Morgan fingerprint density at radius 2 is 1.44 bits per heavy atom. The monoisotopic (exact) mass is 610 g/mol. The summed E-state index contributed by atoms with van der Waals surface area (Å²) in [5.41, 5.74) is -0.340. The lowest BCUT2D eigenvalue weighted by Crippen LogP contribution is -2.32. The lowest BCUT2D eigenvalue weighted by Gasteiger charge is -2.32. The molecule has 4 unspecified atom stereocenters. The van der Waals surface area contributed by atoms with E-state index in [2.05, 4.69) is 6.92 Å². The molecule has 0 spiro atoms. The van der Waals surface area contributed by atoms with Crippen molar-refractivity contribution in [2.75, 3.05) is 12.4 Å². The summed E-state index contributed by atoms with van der Waals surface area (Å²) in [6.07, 6.45) is 13.4. The molecule has 41 heavy (non-hydrogen) atoms. The predicted octanol–water partition coefficient (Wildman–Crippen LogP) is 9.78. The summed E-state index contributed by atoms with van der Waals surface area (Å²) < 4.78 is 42.4. The Balaban J connectivity index is 2.13. The van der Waals surface area contributed by atoms with Crippen LogP contribution in [0.4, 0.5) is 13.2 Å². The first-order chi connectivity index (χ1) is 19.5. The number of carbonyl (C=O) groups is 1. The second-order valence-electron chi connectivity index (χ2n) is 13.0. The Morgan fingerprint density at radius 3 is 2.12 bits per heavy atom. The molecule has 0 aromatic carbocycles. The third-order valence-corrected chi connectivity index (χ3v) is 10.3. The van der Waals surface area contributed by atoms with Gasteiger partial charge in [0.25, 0.3) is 0 Å². The van der Waals surface area contributed by atoms with Crippen LogP contribution in [0.25, 0.3) is 0 Å². The zero-order valence-corrected chi connectivity index (χ0v) is 27.1. The van der Waals surface area contributed by atoms with Crippen LogP contribution in [0.1, 0.15) is 156 Å². The van der Waals surface area contributed by atoms with Gasteiger partial charge in [0.05, 0.1) is 18.8 Å². The van der Waals surface area contributed by atoms with Crippen molar-refractivity contribution in [1.29, 1.82) is 0 Å². The number of aliphatic hydroxyl groups excluding tert-OH is 2. The van der Waals surface area contributed by atoms with Crippen LogP contribution in [-0.4, -0.2) is 52.2 Å². The first-order valence-corrected chi connectivity index (χ1v) is 17.7. The molecule has 1 saturated carbocycles. The fourth-order valence-electron chi connectivity index (χ4n) is 5.78. The van der Waals surface area contributed by atoms with E-state index < -0.39 is 18.7 Å². The highest BCUT2D eigenvalue weighted by atomic mass is 32.2. The van der Waals surface area contributed by atoms with Crippen molar-refractivity contribution in [3.63, 3.8) is 0 Å². The molecule has 0 bridgehead atoms. The second-order valence-corrected chi connectivity index (χ2v) is 14.3. The number of rotatable bonds is 25. The van der Waals surface area contributed by atoms with Gasteiger partial charge in [-0.05, 0) is 56.3 Å². The summed E-state index contributed by atoms with van der Waals surface area (Å²) in [7, 11) is 0. The van der Waals surface area contributed by atoms with Crippen LogP contribution in [0.3, 0.4) is 0 Å². The van der Waals surface area contributed by atoms with Crippen LogP contribution >= 0.6 is 11.8 Å². The van der Waals surface area contributed by atoms with Gasteiger partial charge in [-0.1, -0.05) is 97.8 Å². The minimum atomic E-state index is -4.09. The molecule has 0 aromatic rings. The highest BCUT2D eigenvalue weighted by molar-refractivity contribution is 7.99. The normalized spacial score (nSPS) is 20.4. The smallest absolute Gasteiger partial charge is 0.389 e. The maximum absolute atomic E-state index is 12.3. The van der Waals surface area contributed by atoms with Crippen LogP contribution in [0.5, 0.6) is 0 Å². The van der Waals surface area contributed by atoms with Crippen molar-refractivity contribution in [1.82, 2.24) is 0 Å². The first kappa shape index (κ1) is 38.6. The molecule has 2 N–H and O–H groups in total. The minimum Gasteiger partial charge on any atom is -0.466 e. The van der Waals surface area contributed by atoms with E-state index in [0.29, 0.717) is 43.3 Å². The minimum absolute atomic E-state index is 0.0848. The van der Waals surface area contributed by atoms with Gasteiger partial charge in [0.15, 0.2) is 0 Å². The molecule has 8 heteroatoms. The zero-order chi connectivity index (χ0) is 30.6. The van der Waals surface area contributed by atoms with Gasteiger partial charge in [-0.3, -0.25) is 4.79 Å². The molecule has 0 heterocycles. The SMILES string of the molecule is CCCCCCCCCCOC(=O)CCCCCCC1C(O)CCC1SCC(O)C(C)(C)CCCCCC(F)(F)F. The number of carbonyl (C=O) groups excluding carboxylic acids is 1. The van der Waals surface area contributed by atoms with E-state index >= 15 is 0 Å². The van der Waals surface area contributed by atoms with Crippen molar-refractivity contribution in [3.05, 3.63) is 0 Å². The lowest BCUT2D eigenvalue weighted by molar-refractivity contribution is -0.144. The van der Waals surface area contributed by atoms with Crippen molar-refractivity contribution in [2.24, 2.45) is 11.3 Å². The summed E-state index contributed by atoms with van der Waals surface area (Å²) >= 11 is 1.75. The maximum Gasteiger partial charge on any atom is 0.389 e. The van der Waals surface area contributed by atoms with E-state index in [1.165, 1.54) is 38.5 Å². The van der Waals surface area contributed by atoms with E-state index in [1.807, 2.05) is 13.8 Å². The first-order valence-electron chi connectivity index (χ1n) is 16.7. The van der Waals surface area contributed by atoms with Gasteiger partial charge in [-0.15, -0.1) is 0 Å². The van der Waals surface area contributed by atoms with Gasteiger partial charge < -0.3 is 14.9 Å². The number of thioether (sulfide) groups is 1. The van der Waals surface area contributed by atoms with E-state index in [4.69, 9.17) is 4.74 Å². The molecule has 0 aliphatic heterocycles. The molecule has 1 aliphatic rings. The van der Waals surface area contributed by atoms with E-state index in [9.17, 15) is 28.2 Å². The summed E-state index contributed by atoms with van der Waals surface area (Å²) in [5.74, 6) is 0.734. The number of unbranched alkanes of at least 4 members (excludes halogenated alkanes) is 12. The van der Waals surface area contributed by atoms with Crippen molar-refractivity contribution in [2.45, 2.75) is 179 Å². The van der Waals surface area contributed by atoms with Crippen molar-refractivity contribution >= 4 is 17.7 Å². The number of aliphatic hydroxyl groups is 2. The second kappa shape index (κ2) is 22.1. The Morgan fingerprint density at radius 1 is 0.854 bits per heavy atom. The highest BCUT2D eigenvalue weighted by Crippen LogP contribution is 2.40. The van der Waals surface area contributed by atoms with E-state index in [1.54, 1.807) is 11.8 Å². The summed E-state index contributed by atoms with van der Waals surface area (Å²) in [6.45, 7) is 6.76. The summed E-state index contributed by atoms with van der Waals surface area (Å²) in [4.78, 5) is 12.0. The number of hydrogen-bond donors (Lipinski definition) is 2. The fourth-order valence-corrected chi connectivity index (χ4v) is 7.53. The van der Waals surface area contributed by atoms with E-state index in [-0.39, 0.29) is 29.8 Å². The van der Waals surface area contributed by atoms with Crippen LogP contribution < -0.4 is 0 Å². The van der Waals surface area contributed by atoms with Crippen molar-refractivity contribution in [3.8, 4) is 0 Å². The summed E-state index contributed by atoms with van der Waals surface area (Å²) in [5, 5.41) is 21.7. The van der Waals surface area contributed by atoms with Gasteiger partial charge in [0.1, 0.15) is 0 Å². The standard InChI is InChI=1S/C33H61F3O4S/c1-4-5-6-7-8-9-12-18-25-40-31(39)20-15-11-10-14-19-27-28(37)21-22-29(27)41-26-30(38)32(2,3)23-16-13-17-24-33(34,35)36/h27-30,37-38H,4-26H2,1-3H3. The molecule has 0 amide bonds. The lowest BCUT2D eigenvalue weighted by atomic mass is 9.82. The molecule has 4 atom stereocenters. The number of ether oxygens (including phenoxy) is 1. The topological polar surface area (TPSA) is 66.8 Å². The van der Waals surface area contributed by atoms with Crippen LogP contribution in [-0.2, 0) is 9.53 Å². The van der Waals surface area contributed by atoms with Gasteiger partial charge >= 0.3 is 12.1 Å². The molecule has 1 rings (SSSR count). The third-order valence-electron chi connectivity index (χ3n) is 8.80. The largest absolute Gasteiger partial charge is 0.466 e. The van der Waals surface area contributed by atoms with Gasteiger partial charge in [-0.2, -0.15) is 24.9 Å². The number of alkyl halides is 3. The quantitative estimate of drug-likeness (QED) is 0.0796. The molecule has 0 aromatic heterocycles. The maximum atomic E-state index is 12.3.